The van der Waals surface area contributed by atoms with E-state index in [0.29, 0.717) is 18.4 Å². The zero-order chi connectivity index (χ0) is 9.68. The standard InChI is InChI=1S/C10H19NO2/c1-13-10(12)7-6-8-4-2-3-5-9(8)11/h8-9H,2-7,11H2,1H3/t8-,9-/m0/s1. The number of ether oxygens (including phenoxy) is 1. The Balaban J connectivity index is 2.22. The monoisotopic (exact) mass is 185 g/mol. The van der Waals surface area contributed by atoms with Crippen molar-refractivity contribution in [3.8, 4) is 0 Å². The van der Waals surface area contributed by atoms with E-state index in [1.165, 1.54) is 26.4 Å². The fraction of sp³-hybridized carbons (Fsp3) is 0.900. The average Bonchev–Trinajstić information content (AvgIpc) is 2.16. The number of nitrogens with two attached hydrogens (primary N) is 1. The van der Waals surface area contributed by atoms with Gasteiger partial charge in [-0.05, 0) is 25.2 Å². The van der Waals surface area contributed by atoms with E-state index >= 15 is 0 Å². The molecule has 3 heteroatoms. The molecule has 2 N–H and O–H groups in total. The first-order valence-electron chi connectivity index (χ1n) is 5.06. The van der Waals surface area contributed by atoms with Crippen LogP contribution in [0.3, 0.4) is 0 Å². The summed E-state index contributed by atoms with van der Waals surface area (Å²) < 4.78 is 4.60. The van der Waals surface area contributed by atoms with Gasteiger partial charge in [-0.15, -0.1) is 0 Å². The van der Waals surface area contributed by atoms with Crippen molar-refractivity contribution < 1.29 is 9.53 Å². The highest BCUT2D eigenvalue weighted by Gasteiger charge is 2.22. The summed E-state index contributed by atoms with van der Waals surface area (Å²) in [6.45, 7) is 0. The molecule has 0 amide bonds. The summed E-state index contributed by atoms with van der Waals surface area (Å²) in [4.78, 5) is 10.9. The molecule has 0 aromatic rings. The summed E-state index contributed by atoms with van der Waals surface area (Å²) in [5, 5.41) is 0. The lowest BCUT2D eigenvalue weighted by Gasteiger charge is -2.28. The van der Waals surface area contributed by atoms with Crippen LogP contribution in [-0.2, 0) is 9.53 Å². The molecule has 76 valence electrons. The predicted molar refractivity (Wildman–Crippen MR) is 51.2 cm³/mol. The van der Waals surface area contributed by atoms with E-state index in [-0.39, 0.29) is 5.97 Å². The number of carbonyl (C=O) groups excluding carboxylic acids is 1. The smallest absolute Gasteiger partial charge is 0.305 e. The van der Waals surface area contributed by atoms with Crippen LogP contribution in [-0.4, -0.2) is 19.1 Å². The maximum atomic E-state index is 10.9. The molecule has 0 aromatic heterocycles. The van der Waals surface area contributed by atoms with E-state index in [0.717, 1.165) is 12.8 Å². The summed E-state index contributed by atoms with van der Waals surface area (Å²) in [6.07, 6.45) is 6.22. The van der Waals surface area contributed by atoms with E-state index in [2.05, 4.69) is 4.74 Å². The highest BCUT2D eigenvalue weighted by molar-refractivity contribution is 5.69. The number of hydrogen-bond acceptors (Lipinski definition) is 3. The van der Waals surface area contributed by atoms with Crippen molar-refractivity contribution >= 4 is 5.97 Å². The Hall–Kier alpha value is -0.570. The van der Waals surface area contributed by atoms with Gasteiger partial charge >= 0.3 is 5.97 Å². The van der Waals surface area contributed by atoms with E-state index < -0.39 is 0 Å². The van der Waals surface area contributed by atoms with Crippen molar-refractivity contribution in [3.05, 3.63) is 0 Å². The number of esters is 1. The van der Waals surface area contributed by atoms with Crippen molar-refractivity contribution in [2.24, 2.45) is 11.7 Å². The molecule has 0 radical (unpaired) electrons. The Morgan fingerprint density at radius 2 is 2.15 bits per heavy atom. The van der Waals surface area contributed by atoms with Gasteiger partial charge < -0.3 is 10.5 Å². The second-order valence-corrected chi connectivity index (χ2v) is 3.82. The summed E-state index contributed by atoms with van der Waals surface area (Å²) >= 11 is 0. The quantitative estimate of drug-likeness (QED) is 0.677. The minimum Gasteiger partial charge on any atom is -0.469 e. The fourth-order valence-corrected chi connectivity index (χ4v) is 2.00. The van der Waals surface area contributed by atoms with Crippen molar-refractivity contribution in [3.63, 3.8) is 0 Å². The SMILES string of the molecule is COC(=O)CC[C@@H]1CCCC[C@@H]1N. The minimum atomic E-state index is -0.113. The lowest BCUT2D eigenvalue weighted by molar-refractivity contribution is -0.141. The van der Waals surface area contributed by atoms with Crippen molar-refractivity contribution in [1.29, 1.82) is 0 Å². The number of methoxy groups -OCH3 is 1. The third-order valence-corrected chi connectivity index (χ3v) is 2.91. The topological polar surface area (TPSA) is 52.3 Å². The highest BCUT2D eigenvalue weighted by Crippen LogP contribution is 2.26. The zero-order valence-corrected chi connectivity index (χ0v) is 8.29. The van der Waals surface area contributed by atoms with Crippen LogP contribution >= 0.6 is 0 Å². The number of rotatable bonds is 3. The third kappa shape index (κ3) is 3.35. The van der Waals surface area contributed by atoms with Gasteiger partial charge in [-0.2, -0.15) is 0 Å². The molecular weight excluding hydrogens is 166 g/mol. The second kappa shape index (κ2) is 5.22. The van der Waals surface area contributed by atoms with Crippen LogP contribution in [0.15, 0.2) is 0 Å². The predicted octanol–water partition coefficient (Wildman–Crippen LogP) is 1.46. The molecule has 13 heavy (non-hydrogen) atoms. The highest BCUT2D eigenvalue weighted by atomic mass is 16.5. The molecule has 0 heterocycles. The third-order valence-electron chi connectivity index (χ3n) is 2.91. The van der Waals surface area contributed by atoms with Crippen LogP contribution in [0.5, 0.6) is 0 Å². The van der Waals surface area contributed by atoms with Gasteiger partial charge in [0.2, 0.25) is 0 Å². The van der Waals surface area contributed by atoms with Crippen LogP contribution in [0.4, 0.5) is 0 Å². The van der Waals surface area contributed by atoms with Crippen LogP contribution in [0.1, 0.15) is 38.5 Å². The van der Waals surface area contributed by atoms with Crippen LogP contribution in [0.25, 0.3) is 0 Å². The number of carbonyl (C=O) groups is 1. The number of hydrogen-bond donors (Lipinski definition) is 1. The molecule has 1 aliphatic carbocycles. The Morgan fingerprint density at radius 3 is 2.77 bits per heavy atom. The van der Waals surface area contributed by atoms with Crippen molar-refractivity contribution in [1.82, 2.24) is 0 Å². The largest absolute Gasteiger partial charge is 0.469 e. The van der Waals surface area contributed by atoms with Gasteiger partial charge in [0.05, 0.1) is 7.11 Å². The molecule has 0 saturated heterocycles. The van der Waals surface area contributed by atoms with Gasteiger partial charge in [0.1, 0.15) is 0 Å². The van der Waals surface area contributed by atoms with Crippen LogP contribution < -0.4 is 5.73 Å². The van der Waals surface area contributed by atoms with E-state index in [9.17, 15) is 4.79 Å². The normalized spacial score (nSPS) is 28.5. The second-order valence-electron chi connectivity index (χ2n) is 3.82. The molecule has 1 aliphatic rings. The summed E-state index contributed by atoms with van der Waals surface area (Å²) in [5.74, 6) is 0.422. The minimum absolute atomic E-state index is 0.113. The maximum Gasteiger partial charge on any atom is 0.305 e. The van der Waals surface area contributed by atoms with Gasteiger partial charge in [0.15, 0.2) is 0 Å². The van der Waals surface area contributed by atoms with E-state index in [4.69, 9.17) is 5.73 Å². The molecule has 0 unspecified atom stereocenters. The molecule has 0 spiro atoms. The molecule has 0 aliphatic heterocycles. The molecule has 1 fully saturated rings. The first-order valence-corrected chi connectivity index (χ1v) is 5.06. The van der Waals surface area contributed by atoms with Crippen molar-refractivity contribution in [2.75, 3.05) is 7.11 Å². The zero-order valence-electron chi connectivity index (χ0n) is 8.29. The Labute approximate surface area is 79.6 Å². The maximum absolute atomic E-state index is 10.9. The molecule has 1 rings (SSSR count). The molecule has 0 aromatic carbocycles. The Bertz CT molecular complexity index is 170. The lowest BCUT2D eigenvalue weighted by atomic mass is 9.82. The van der Waals surface area contributed by atoms with Crippen LogP contribution in [0, 0.1) is 5.92 Å². The lowest BCUT2D eigenvalue weighted by Crippen LogP contribution is -2.33. The van der Waals surface area contributed by atoms with Gasteiger partial charge in [-0.3, -0.25) is 4.79 Å². The van der Waals surface area contributed by atoms with E-state index in [1.54, 1.807) is 0 Å². The van der Waals surface area contributed by atoms with Gasteiger partial charge in [0.25, 0.3) is 0 Å². The van der Waals surface area contributed by atoms with Gasteiger partial charge in [0, 0.05) is 12.5 Å². The van der Waals surface area contributed by atoms with Crippen molar-refractivity contribution in [2.45, 2.75) is 44.6 Å². The van der Waals surface area contributed by atoms with Gasteiger partial charge in [-0.25, -0.2) is 0 Å². The summed E-state index contributed by atoms with van der Waals surface area (Å²) in [6, 6.07) is 0.304. The first kappa shape index (κ1) is 10.5. The average molecular weight is 185 g/mol. The molecule has 3 nitrogen and oxygen atoms in total. The fourth-order valence-electron chi connectivity index (χ4n) is 2.00. The first-order chi connectivity index (χ1) is 6.24. The van der Waals surface area contributed by atoms with Crippen LogP contribution in [0.2, 0.25) is 0 Å². The summed E-state index contributed by atoms with van der Waals surface area (Å²) in [5.41, 5.74) is 5.95. The molecular formula is C10H19NO2. The summed E-state index contributed by atoms with van der Waals surface area (Å²) in [7, 11) is 1.43. The Kier molecular flexibility index (Phi) is 4.22. The van der Waals surface area contributed by atoms with Gasteiger partial charge in [-0.1, -0.05) is 12.8 Å². The molecule has 0 bridgehead atoms. The molecule has 1 saturated carbocycles. The van der Waals surface area contributed by atoms with E-state index in [1.807, 2.05) is 0 Å². The molecule has 2 atom stereocenters. The Morgan fingerprint density at radius 1 is 1.46 bits per heavy atom.